The molecule has 0 fully saturated rings. The van der Waals surface area contributed by atoms with Gasteiger partial charge in [0.15, 0.2) is 0 Å². The molecule has 0 unspecified atom stereocenters. The number of aromatic nitrogens is 4. The molecule has 84 valence electrons. The van der Waals surface area contributed by atoms with E-state index in [1.165, 1.54) is 11.8 Å². The van der Waals surface area contributed by atoms with E-state index in [0.717, 1.165) is 10.5 Å². The number of aryl methyl sites for hydroxylation is 1. The summed E-state index contributed by atoms with van der Waals surface area (Å²) in [4.78, 5) is 0.980. The average Bonchev–Trinajstić information content (AvgIpc) is 2.65. The van der Waals surface area contributed by atoms with Crippen LogP contribution in [0.5, 0.6) is 0 Å². The van der Waals surface area contributed by atoms with Crippen molar-refractivity contribution in [3.05, 3.63) is 28.8 Å². The van der Waals surface area contributed by atoms with Crippen LogP contribution in [-0.2, 0) is 13.6 Å². The van der Waals surface area contributed by atoms with E-state index in [2.05, 4.69) is 15.5 Å². The molecule has 0 atom stereocenters. The van der Waals surface area contributed by atoms with E-state index in [1.54, 1.807) is 11.7 Å². The van der Waals surface area contributed by atoms with Gasteiger partial charge in [-0.05, 0) is 39.9 Å². The van der Waals surface area contributed by atoms with Gasteiger partial charge >= 0.3 is 0 Å². The van der Waals surface area contributed by atoms with Gasteiger partial charge in [-0.3, -0.25) is 0 Å². The molecule has 2 rings (SSSR count). The number of nitrogens with zero attached hydrogens (tertiary/aromatic N) is 4. The minimum atomic E-state index is 0.463. The lowest BCUT2D eigenvalue weighted by molar-refractivity contribution is 0.664. The van der Waals surface area contributed by atoms with Gasteiger partial charge in [-0.25, -0.2) is 4.68 Å². The van der Waals surface area contributed by atoms with Crippen molar-refractivity contribution in [2.24, 2.45) is 12.8 Å². The van der Waals surface area contributed by atoms with Crippen LogP contribution in [0.25, 0.3) is 0 Å². The minimum absolute atomic E-state index is 0.463. The van der Waals surface area contributed by atoms with E-state index in [4.69, 9.17) is 17.3 Å². The fraction of sp³-hybridized carbons (Fsp3) is 0.222. The Morgan fingerprint density at radius 2 is 2.31 bits per heavy atom. The van der Waals surface area contributed by atoms with E-state index in [0.29, 0.717) is 16.7 Å². The van der Waals surface area contributed by atoms with E-state index in [-0.39, 0.29) is 0 Å². The standard InChI is InChI=1S/C9H10ClN5S/c1-15-9(12-13-14-15)16-8-4-7(10)3-2-6(8)5-11/h2-4H,5,11H2,1H3. The fourth-order valence-corrected chi connectivity index (χ4v) is 2.35. The largest absolute Gasteiger partial charge is 0.326 e. The summed E-state index contributed by atoms with van der Waals surface area (Å²) in [5.74, 6) is 0. The SMILES string of the molecule is Cn1nnnc1Sc1cc(Cl)ccc1CN. The Morgan fingerprint density at radius 1 is 1.50 bits per heavy atom. The van der Waals surface area contributed by atoms with Gasteiger partial charge in [-0.2, -0.15) is 0 Å². The third kappa shape index (κ3) is 2.34. The number of benzene rings is 1. The third-order valence-electron chi connectivity index (χ3n) is 2.03. The molecule has 0 amide bonds. The number of hydrogen-bond donors (Lipinski definition) is 1. The van der Waals surface area contributed by atoms with Crippen molar-refractivity contribution in [1.82, 2.24) is 20.2 Å². The number of hydrogen-bond acceptors (Lipinski definition) is 5. The first kappa shape index (κ1) is 11.4. The molecule has 1 aromatic carbocycles. The quantitative estimate of drug-likeness (QED) is 0.900. The van der Waals surface area contributed by atoms with E-state index in [1.807, 2.05) is 18.2 Å². The van der Waals surface area contributed by atoms with Gasteiger partial charge in [0.2, 0.25) is 5.16 Å². The number of tetrazole rings is 1. The second kappa shape index (κ2) is 4.82. The summed E-state index contributed by atoms with van der Waals surface area (Å²) in [5.41, 5.74) is 6.68. The lowest BCUT2D eigenvalue weighted by atomic mass is 10.2. The summed E-state index contributed by atoms with van der Waals surface area (Å²) < 4.78 is 1.60. The Hall–Kier alpha value is -1.11. The Bertz CT molecular complexity index is 498. The first-order valence-electron chi connectivity index (χ1n) is 4.59. The van der Waals surface area contributed by atoms with Crippen molar-refractivity contribution >= 4 is 23.4 Å². The van der Waals surface area contributed by atoms with Crippen LogP contribution in [0.2, 0.25) is 5.02 Å². The second-order valence-corrected chi connectivity index (χ2v) is 4.59. The number of halogens is 1. The Morgan fingerprint density at radius 3 is 2.94 bits per heavy atom. The smallest absolute Gasteiger partial charge is 0.213 e. The van der Waals surface area contributed by atoms with Crippen LogP contribution >= 0.6 is 23.4 Å². The highest BCUT2D eigenvalue weighted by Gasteiger charge is 2.08. The molecule has 0 aliphatic rings. The van der Waals surface area contributed by atoms with Crippen LogP contribution in [-0.4, -0.2) is 20.2 Å². The molecule has 5 nitrogen and oxygen atoms in total. The van der Waals surface area contributed by atoms with Gasteiger partial charge < -0.3 is 5.73 Å². The van der Waals surface area contributed by atoms with Crippen molar-refractivity contribution in [3.8, 4) is 0 Å². The van der Waals surface area contributed by atoms with E-state index >= 15 is 0 Å². The van der Waals surface area contributed by atoms with Gasteiger partial charge in [0.05, 0.1) is 0 Å². The molecule has 0 aliphatic carbocycles. The fourth-order valence-electron chi connectivity index (χ4n) is 1.20. The summed E-state index contributed by atoms with van der Waals surface area (Å²) in [5, 5.41) is 12.6. The molecule has 1 heterocycles. The van der Waals surface area contributed by atoms with Gasteiger partial charge in [-0.1, -0.05) is 17.7 Å². The Balaban J connectivity index is 2.33. The summed E-state index contributed by atoms with van der Waals surface area (Å²) in [6.07, 6.45) is 0. The van der Waals surface area contributed by atoms with Crippen LogP contribution in [0.15, 0.2) is 28.3 Å². The molecule has 1 aromatic heterocycles. The van der Waals surface area contributed by atoms with Crippen molar-refractivity contribution in [1.29, 1.82) is 0 Å². The van der Waals surface area contributed by atoms with Crippen LogP contribution in [0.3, 0.4) is 0 Å². The van der Waals surface area contributed by atoms with Gasteiger partial charge in [0.25, 0.3) is 0 Å². The molecular weight excluding hydrogens is 246 g/mol. The summed E-state index contributed by atoms with van der Waals surface area (Å²) in [7, 11) is 1.79. The lowest BCUT2D eigenvalue weighted by Crippen LogP contribution is -1.99. The summed E-state index contributed by atoms with van der Waals surface area (Å²) in [6, 6.07) is 5.60. The van der Waals surface area contributed by atoms with Crippen molar-refractivity contribution < 1.29 is 0 Å². The Labute approximate surface area is 102 Å². The molecule has 7 heteroatoms. The molecule has 0 saturated heterocycles. The minimum Gasteiger partial charge on any atom is -0.326 e. The third-order valence-corrected chi connectivity index (χ3v) is 3.40. The second-order valence-electron chi connectivity index (χ2n) is 3.14. The van der Waals surface area contributed by atoms with Crippen molar-refractivity contribution in [2.45, 2.75) is 16.6 Å². The Kier molecular flexibility index (Phi) is 3.42. The molecule has 0 aliphatic heterocycles. The predicted octanol–water partition coefficient (Wildman–Crippen LogP) is 1.47. The highest BCUT2D eigenvalue weighted by molar-refractivity contribution is 7.99. The van der Waals surface area contributed by atoms with Gasteiger partial charge in [0, 0.05) is 23.5 Å². The number of rotatable bonds is 3. The van der Waals surface area contributed by atoms with E-state index in [9.17, 15) is 0 Å². The van der Waals surface area contributed by atoms with Crippen molar-refractivity contribution in [3.63, 3.8) is 0 Å². The zero-order valence-electron chi connectivity index (χ0n) is 8.59. The molecule has 0 saturated carbocycles. The molecular formula is C9H10ClN5S. The topological polar surface area (TPSA) is 69.6 Å². The highest BCUT2D eigenvalue weighted by Crippen LogP contribution is 2.30. The maximum absolute atomic E-state index is 5.94. The zero-order valence-corrected chi connectivity index (χ0v) is 10.2. The summed E-state index contributed by atoms with van der Waals surface area (Å²) in [6.45, 7) is 0.463. The van der Waals surface area contributed by atoms with Crippen LogP contribution in [0.4, 0.5) is 0 Å². The molecule has 2 N–H and O–H groups in total. The maximum atomic E-state index is 5.94. The molecule has 2 aromatic rings. The molecule has 0 spiro atoms. The average molecular weight is 256 g/mol. The summed E-state index contributed by atoms with van der Waals surface area (Å²) >= 11 is 7.39. The first-order valence-corrected chi connectivity index (χ1v) is 5.79. The van der Waals surface area contributed by atoms with Crippen LogP contribution in [0, 0.1) is 0 Å². The maximum Gasteiger partial charge on any atom is 0.213 e. The molecule has 0 radical (unpaired) electrons. The molecule has 0 bridgehead atoms. The zero-order chi connectivity index (χ0) is 11.5. The van der Waals surface area contributed by atoms with Crippen LogP contribution < -0.4 is 5.73 Å². The van der Waals surface area contributed by atoms with Crippen LogP contribution in [0.1, 0.15) is 5.56 Å². The predicted molar refractivity (Wildman–Crippen MR) is 62.3 cm³/mol. The van der Waals surface area contributed by atoms with Gasteiger partial charge in [-0.15, -0.1) is 5.10 Å². The first-order chi connectivity index (χ1) is 7.70. The number of nitrogens with two attached hydrogens (primary N) is 1. The van der Waals surface area contributed by atoms with E-state index < -0.39 is 0 Å². The monoisotopic (exact) mass is 255 g/mol. The normalized spacial score (nSPS) is 10.7. The lowest BCUT2D eigenvalue weighted by Gasteiger charge is -2.06. The van der Waals surface area contributed by atoms with Gasteiger partial charge in [0.1, 0.15) is 0 Å². The van der Waals surface area contributed by atoms with Crippen molar-refractivity contribution in [2.75, 3.05) is 0 Å². The highest BCUT2D eigenvalue weighted by atomic mass is 35.5. The molecule has 16 heavy (non-hydrogen) atoms.